The SMILES string of the molecule is Cc1cc(C)cc(C(=O)NCC(=O)NC[C@@H](c2ccccc2)N(C)C)c1. The number of carbonyl (C=O) groups is 2. The summed E-state index contributed by atoms with van der Waals surface area (Å²) in [6.07, 6.45) is 0. The Morgan fingerprint density at radius 1 is 0.962 bits per heavy atom. The van der Waals surface area contributed by atoms with Gasteiger partial charge in [-0.2, -0.15) is 0 Å². The third-order valence-electron chi connectivity index (χ3n) is 4.19. The highest BCUT2D eigenvalue weighted by Crippen LogP contribution is 2.16. The van der Waals surface area contributed by atoms with Crippen molar-refractivity contribution in [2.24, 2.45) is 0 Å². The largest absolute Gasteiger partial charge is 0.353 e. The highest BCUT2D eigenvalue weighted by atomic mass is 16.2. The number of carbonyl (C=O) groups excluding carboxylic acids is 2. The summed E-state index contributed by atoms with van der Waals surface area (Å²) in [5.41, 5.74) is 3.76. The molecule has 0 aliphatic heterocycles. The van der Waals surface area contributed by atoms with E-state index < -0.39 is 0 Å². The van der Waals surface area contributed by atoms with E-state index in [0.29, 0.717) is 12.1 Å². The van der Waals surface area contributed by atoms with E-state index in [1.165, 1.54) is 0 Å². The predicted octanol–water partition coefficient (Wildman–Crippen LogP) is 2.45. The maximum atomic E-state index is 12.2. The number of amides is 2. The number of nitrogens with one attached hydrogen (secondary N) is 2. The lowest BCUT2D eigenvalue weighted by Gasteiger charge is -2.25. The summed E-state index contributed by atoms with van der Waals surface area (Å²) in [4.78, 5) is 26.4. The minimum atomic E-state index is -0.237. The van der Waals surface area contributed by atoms with Crippen LogP contribution in [0.2, 0.25) is 0 Å². The molecule has 2 aromatic rings. The van der Waals surface area contributed by atoms with E-state index in [1.54, 1.807) is 0 Å². The molecule has 5 nitrogen and oxygen atoms in total. The number of likely N-dealkylation sites (N-methyl/N-ethyl adjacent to an activating group) is 1. The first-order chi connectivity index (χ1) is 12.4. The zero-order chi connectivity index (χ0) is 19.1. The Bertz CT molecular complexity index is 737. The number of aryl methyl sites for hydroxylation is 2. The molecule has 0 aliphatic rings. The molecule has 0 bridgehead atoms. The van der Waals surface area contributed by atoms with Crippen molar-refractivity contribution < 1.29 is 9.59 Å². The van der Waals surface area contributed by atoms with Gasteiger partial charge in [0, 0.05) is 12.1 Å². The van der Waals surface area contributed by atoms with Crippen molar-refractivity contribution >= 4 is 11.8 Å². The van der Waals surface area contributed by atoms with Crippen LogP contribution in [-0.4, -0.2) is 43.9 Å². The first kappa shape index (κ1) is 19.7. The van der Waals surface area contributed by atoms with Gasteiger partial charge in [0.25, 0.3) is 5.91 Å². The van der Waals surface area contributed by atoms with E-state index in [1.807, 2.05) is 76.5 Å². The summed E-state index contributed by atoms with van der Waals surface area (Å²) < 4.78 is 0. The third-order valence-corrected chi connectivity index (χ3v) is 4.19. The summed E-state index contributed by atoms with van der Waals surface area (Å²) in [5, 5.41) is 5.58. The molecule has 0 radical (unpaired) electrons. The summed E-state index contributed by atoms with van der Waals surface area (Å²) in [6.45, 7) is 4.33. The minimum absolute atomic E-state index is 0.0409. The average molecular weight is 353 g/mol. The Morgan fingerprint density at radius 3 is 2.15 bits per heavy atom. The van der Waals surface area contributed by atoms with Gasteiger partial charge in [-0.15, -0.1) is 0 Å². The van der Waals surface area contributed by atoms with E-state index in [4.69, 9.17) is 0 Å². The summed E-state index contributed by atoms with van der Waals surface area (Å²) >= 11 is 0. The van der Waals surface area contributed by atoms with Crippen molar-refractivity contribution in [2.75, 3.05) is 27.2 Å². The molecule has 0 fully saturated rings. The van der Waals surface area contributed by atoms with Crippen LogP contribution < -0.4 is 10.6 Å². The van der Waals surface area contributed by atoms with Gasteiger partial charge >= 0.3 is 0 Å². The van der Waals surface area contributed by atoms with Crippen molar-refractivity contribution in [3.8, 4) is 0 Å². The van der Waals surface area contributed by atoms with Crippen molar-refractivity contribution in [1.29, 1.82) is 0 Å². The van der Waals surface area contributed by atoms with Crippen molar-refractivity contribution in [1.82, 2.24) is 15.5 Å². The zero-order valence-corrected chi connectivity index (χ0v) is 15.9. The van der Waals surface area contributed by atoms with Gasteiger partial charge in [-0.05, 0) is 45.6 Å². The lowest BCUT2D eigenvalue weighted by molar-refractivity contribution is -0.120. The Morgan fingerprint density at radius 2 is 1.58 bits per heavy atom. The fraction of sp³-hybridized carbons (Fsp3) is 0.333. The van der Waals surface area contributed by atoms with Crippen LogP contribution in [0, 0.1) is 13.8 Å². The van der Waals surface area contributed by atoms with E-state index in [0.717, 1.165) is 16.7 Å². The van der Waals surface area contributed by atoms with Gasteiger partial charge in [0.15, 0.2) is 0 Å². The second kappa shape index (κ2) is 9.15. The quantitative estimate of drug-likeness (QED) is 0.804. The first-order valence-electron chi connectivity index (χ1n) is 8.71. The summed E-state index contributed by atoms with van der Waals surface area (Å²) in [6, 6.07) is 15.7. The lowest BCUT2D eigenvalue weighted by Crippen LogP contribution is -2.40. The first-order valence-corrected chi connectivity index (χ1v) is 8.71. The van der Waals surface area contributed by atoms with Gasteiger partial charge < -0.3 is 15.5 Å². The molecule has 2 rings (SSSR count). The fourth-order valence-electron chi connectivity index (χ4n) is 2.92. The van der Waals surface area contributed by atoms with Crippen LogP contribution in [0.5, 0.6) is 0 Å². The molecule has 0 saturated heterocycles. The van der Waals surface area contributed by atoms with Crippen LogP contribution >= 0.6 is 0 Å². The van der Waals surface area contributed by atoms with Gasteiger partial charge in [0.05, 0.1) is 12.6 Å². The molecule has 26 heavy (non-hydrogen) atoms. The molecule has 0 heterocycles. The van der Waals surface area contributed by atoms with E-state index in [2.05, 4.69) is 15.5 Å². The minimum Gasteiger partial charge on any atom is -0.353 e. The standard InChI is InChI=1S/C21H27N3O2/c1-15-10-16(2)12-18(11-15)21(26)23-14-20(25)22-13-19(24(3)4)17-8-6-5-7-9-17/h5-12,19H,13-14H2,1-4H3,(H,22,25)(H,23,26)/t19-/m0/s1. The van der Waals surface area contributed by atoms with Crippen LogP contribution in [0.15, 0.2) is 48.5 Å². The Hall–Kier alpha value is -2.66. The third kappa shape index (κ3) is 5.70. The highest BCUT2D eigenvalue weighted by Gasteiger charge is 2.15. The van der Waals surface area contributed by atoms with E-state index in [9.17, 15) is 9.59 Å². The van der Waals surface area contributed by atoms with Crippen LogP contribution in [0.1, 0.15) is 33.1 Å². The topological polar surface area (TPSA) is 61.4 Å². The fourth-order valence-corrected chi connectivity index (χ4v) is 2.92. The number of rotatable bonds is 7. The monoisotopic (exact) mass is 353 g/mol. The van der Waals surface area contributed by atoms with E-state index in [-0.39, 0.29) is 24.4 Å². The molecule has 2 amide bonds. The van der Waals surface area contributed by atoms with Crippen molar-refractivity contribution in [3.05, 3.63) is 70.8 Å². The van der Waals surface area contributed by atoms with Crippen molar-refractivity contribution in [3.63, 3.8) is 0 Å². The maximum absolute atomic E-state index is 12.2. The molecule has 138 valence electrons. The molecule has 0 aromatic heterocycles. The molecule has 2 N–H and O–H groups in total. The molecule has 2 aromatic carbocycles. The highest BCUT2D eigenvalue weighted by molar-refractivity contribution is 5.96. The molecule has 0 aliphatic carbocycles. The molecule has 0 unspecified atom stereocenters. The van der Waals surface area contributed by atoms with Crippen molar-refractivity contribution in [2.45, 2.75) is 19.9 Å². The van der Waals surface area contributed by atoms with Gasteiger partial charge in [-0.3, -0.25) is 9.59 Å². The molecular formula is C21H27N3O2. The van der Waals surface area contributed by atoms with Crippen LogP contribution in [0.4, 0.5) is 0 Å². The summed E-state index contributed by atoms with van der Waals surface area (Å²) in [7, 11) is 3.96. The number of benzene rings is 2. The summed E-state index contributed by atoms with van der Waals surface area (Å²) in [5.74, 6) is -0.440. The number of hydrogen-bond donors (Lipinski definition) is 2. The zero-order valence-electron chi connectivity index (χ0n) is 15.9. The van der Waals surface area contributed by atoms with Gasteiger partial charge in [-0.1, -0.05) is 47.5 Å². The van der Waals surface area contributed by atoms with Gasteiger partial charge in [0.1, 0.15) is 0 Å². The molecule has 5 heteroatoms. The van der Waals surface area contributed by atoms with Crippen LogP contribution in [0.25, 0.3) is 0 Å². The van der Waals surface area contributed by atoms with E-state index >= 15 is 0 Å². The van der Waals surface area contributed by atoms with Gasteiger partial charge in [-0.25, -0.2) is 0 Å². The smallest absolute Gasteiger partial charge is 0.251 e. The Balaban J connectivity index is 1.87. The Kier molecular flexibility index (Phi) is 6.92. The Labute approximate surface area is 155 Å². The molecule has 1 atom stereocenters. The van der Waals surface area contributed by atoms with Crippen LogP contribution in [-0.2, 0) is 4.79 Å². The van der Waals surface area contributed by atoms with Crippen LogP contribution in [0.3, 0.4) is 0 Å². The normalized spacial score (nSPS) is 11.9. The maximum Gasteiger partial charge on any atom is 0.251 e. The molecule has 0 saturated carbocycles. The second-order valence-electron chi connectivity index (χ2n) is 6.75. The number of hydrogen-bond acceptors (Lipinski definition) is 3. The second-order valence-corrected chi connectivity index (χ2v) is 6.75. The molecule has 0 spiro atoms. The predicted molar refractivity (Wildman–Crippen MR) is 104 cm³/mol. The molecular weight excluding hydrogens is 326 g/mol. The average Bonchev–Trinajstić information content (AvgIpc) is 2.59. The lowest BCUT2D eigenvalue weighted by atomic mass is 10.1. The van der Waals surface area contributed by atoms with Gasteiger partial charge in [0.2, 0.25) is 5.91 Å². The number of nitrogens with zero attached hydrogens (tertiary/aromatic N) is 1.